The molecule has 0 aromatic heterocycles. The van der Waals surface area contributed by atoms with E-state index in [1.165, 1.54) is 12.8 Å². The van der Waals surface area contributed by atoms with Crippen LogP contribution in [-0.4, -0.2) is 24.2 Å². The van der Waals surface area contributed by atoms with Gasteiger partial charge in [0.15, 0.2) is 5.11 Å². The number of benzene rings is 2. The van der Waals surface area contributed by atoms with E-state index in [0.29, 0.717) is 24.5 Å². The number of anilines is 1. The number of amides is 1. The van der Waals surface area contributed by atoms with Crippen LogP contribution in [0.2, 0.25) is 0 Å². The molecule has 28 heavy (non-hydrogen) atoms. The summed E-state index contributed by atoms with van der Waals surface area (Å²) in [6.45, 7) is 5.27. The van der Waals surface area contributed by atoms with Gasteiger partial charge in [0, 0.05) is 11.8 Å². The van der Waals surface area contributed by atoms with Gasteiger partial charge in [-0.3, -0.25) is 10.1 Å². The predicted molar refractivity (Wildman–Crippen MR) is 117 cm³/mol. The van der Waals surface area contributed by atoms with Gasteiger partial charge in [-0.2, -0.15) is 0 Å². The van der Waals surface area contributed by atoms with Crippen molar-refractivity contribution in [1.82, 2.24) is 5.32 Å². The number of hydrogen-bond donors (Lipinski definition) is 2. The molecule has 2 aromatic rings. The molecular weight excluding hydrogens is 372 g/mol. The highest BCUT2D eigenvalue weighted by atomic mass is 32.1. The number of ether oxygens (including phenoxy) is 2. The Balaban J connectivity index is 1.93. The average molecular weight is 401 g/mol. The van der Waals surface area contributed by atoms with E-state index in [1.807, 2.05) is 37.3 Å². The molecule has 0 saturated heterocycles. The number of thiocarbonyl (C=S) groups is 1. The monoisotopic (exact) mass is 400 g/mol. The van der Waals surface area contributed by atoms with Crippen LogP contribution in [0.1, 0.15) is 49.9 Å². The quantitative estimate of drug-likeness (QED) is 0.425. The number of carbonyl (C=O) groups is 1. The summed E-state index contributed by atoms with van der Waals surface area (Å²) in [4.78, 5) is 12.6. The van der Waals surface area contributed by atoms with Crippen molar-refractivity contribution in [3.05, 3.63) is 54.1 Å². The number of unbranched alkanes of at least 4 members (excludes halogenated alkanes) is 3. The van der Waals surface area contributed by atoms with Crippen LogP contribution in [0.3, 0.4) is 0 Å². The summed E-state index contributed by atoms with van der Waals surface area (Å²) in [6, 6.07) is 14.6. The summed E-state index contributed by atoms with van der Waals surface area (Å²) in [7, 11) is 0. The van der Waals surface area contributed by atoms with E-state index in [1.54, 1.807) is 18.2 Å². The molecule has 1 amide bonds. The van der Waals surface area contributed by atoms with Gasteiger partial charge in [0.05, 0.1) is 18.8 Å². The topological polar surface area (TPSA) is 59.6 Å². The molecule has 0 atom stereocenters. The van der Waals surface area contributed by atoms with Crippen molar-refractivity contribution < 1.29 is 14.3 Å². The molecule has 6 heteroatoms. The van der Waals surface area contributed by atoms with Gasteiger partial charge in [-0.25, -0.2) is 0 Å². The average Bonchev–Trinajstić information content (AvgIpc) is 2.68. The second-order valence-electron chi connectivity index (χ2n) is 6.27. The minimum Gasteiger partial charge on any atom is -0.494 e. The molecule has 0 unspecified atom stereocenters. The van der Waals surface area contributed by atoms with Gasteiger partial charge >= 0.3 is 0 Å². The van der Waals surface area contributed by atoms with Crippen LogP contribution in [-0.2, 0) is 0 Å². The normalized spacial score (nSPS) is 10.2. The summed E-state index contributed by atoms with van der Waals surface area (Å²) >= 11 is 5.27. The molecule has 150 valence electrons. The van der Waals surface area contributed by atoms with Crippen LogP contribution in [0.15, 0.2) is 48.5 Å². The predicted octanol–water partition coefficient (Wildman–Crippen LogP) is 5.17. The zero-order valence-electron chi connectivity index (χ0n) is 16.5. The molecule has 2 aromatic carbocycles. The Morgan fingerprint density at radius 1 is 1.00 bits per heavy atom. The maximum Gasteiger partial charge on any atom is 0.261 e. The summed E-state index contributed by atoms with van der Waals surface area (Å²) in [5.41, 5.74) is 1.21. The Morgan fingerprint density at radius 3 is 2.61 bits per heavy atom. The number of rotatable bonds is 10. The van der Waals surface area contributed by atoms with Gasteiger partial charge in [0.1, 0.15) is 11.5 Å². The van der Waals surface area contributed by atoms with E-state index in [0.717, 1.165) is 24.3 Å². The third-order valence-electron chi connectivity index (χ3n) is 4.02. The van der Waals surface area contributed by atoms with Crippen molar-refractivity contribution in [3.63, 3.8) is 0 Å². The molecule has 0 aliphatic rings. The third-order valence-corrected chi connectivity index (χ3v) is 4.22. The highest BCUT2D eigenvalue weighted by Crippen LogP contribution is 2.19. The van der Waals surface area contributed by atoms with Crippen LogP contribution < -0.4 is 20.1 Å². The minimum atomic E-state index is -0.303. The lowest BCUT2D eigenvalue weighted by Crippen LogP contribution is -2.34. The first-order valence-corrected chi connectivity index (χ1v) is 10.1. The Labute approximate surface area is 172 Å². The summed E-state index contributed by atoms with van der Waals surface area (Å²) in [6.07, 6.45) is 4.46. The van der Waals surface area contributed by atoms with Crippen LogP contribution in [0, 0.1) is 0 Å². The van der Waals surface area contributed by atoms with Crippen LogP contribution >= 0.6 is 12.2 Å². The molecule has 0 aliphatic carbocycles. The van der Waals surface area contributed by atoms with Crippen molar-refractivity contribution in [2.45, 2.75) is 39.5 Å². The van der Waals surface area contributed by atoms with Gasteiger partial charge in [0.2, 0.25) is 0 Å². The number of nitrogens with one attached hydrogen (secondary N) is 2. The first kappa shape index (κ1) is 21.7. The highest BCUT2D eigenvalue weighted by Gasteiger charge is 2.13. The minimum absolute atomic E-state index is 0.219. The Kier molecular flexibility index (Phi) is 9.28. The van der Waals surface area contributed by atoms with Crippen molar-refractivity contribution in [3.8, 4) is 11.5 Å². The zero-order chi connectivity index (χ0) is 20.2. The van der Waals surface area contributed by atoms with E-state index in [4.69, 9.17) is 21.7 Å². The van der Waals surface area contributed by atoms with E-state index in [2.05, 4.69) is 17.6 Å². The van der Waals surface area contributed by atoms with Crippen molar-refractivity contribution in [2.24, 2.45) is 0 Å². The van der Waals surface area contributed by atoms with Gasteiger partial charge in [-0.15, -0.1) is 0 Å². The molecule has 0 saturated carbocycles. The molecule has 2 rings (SSSR count). The van der Waals surface area contributed by atoms with E-state index >= 15 is 0 Å². The lowest BCUT2D eigenvalue weighted by atomic mass is 10.2. The summed E-state index contributed by atoms with van der Waals surface area (Å²) < 4.78 is 11.3. The first-order valence-electron chi connectivity index (χ1n) is 9.71. The molecular formula is C22H28N2O3S. The van der Waals surface area contributed by atoms with Crippen LogP contribution in [0.4, 0.5) is 5.69 Å². The van der Waals surface area contributed by atoms with Crippen LogP contribution in [0.5, 0.6) is 11.5 Å². The molecule has 0 fully saturated rings. The zero-order valence-corrected chi connectivity index (χ0v) is 17.3. The molecule has 2 N–H and O–H groups in total. The number of carbonyl (C=O) groups excluding carboxylic acids is 1. The number of para-hydroxylation sites is 1. The maximum atomic E-state index is 12.6. The maximum absolute atomic E-state index is 12.6. The number of hydrogen-bond acceptors (Lipinski definition) is 4. The van der Waals surface area contributed by atoms with Gasteiger partial charge in [-0.05, 0) is 49.8 Å². The third kappa shape index (κ3) is 7.19. The highest BCUT2D eigenvalue weighted by molar-refractivity contribution is 7.80. The fraction of sp³-hybridized carbons (Fsp3) is 0.364. The smallest absolute Gasteiger partial charge is 0.261 e. The Bertz CT molecular complexity index is 780. The molecule has 0 bridgehead atoms. The summed E-state index contributed by atoms with van der Waals surface area (Å²) in [5, 5.41) is 5.93. The molecule has 0 radical (unpaired) electrons. The lowest BCUT2D eigenvalue weighted by molar-refractivity contribution is 0.0973. The second kappa shape index (κ2) is 12.0. The second-order valence-corrected chi connectivity index (χ2v) is 6.68. The SMILES string of the molecule is CCCCCCOc1ccccc1C(=O)NC(=S)Nc1cccc(OCC)c1. The fourth-order valence-electron chi connectivity index (χ4n) is 2.65. The van der Waals surface area contributed by atoms with Gasteiger partial charge in [-0.1, -0.05) is 44.4 Å². The van der Waals surface area contributed by atoms with Gasteiger partial charge < -0.3 is 14.8 Å². The van der Waals surface area contributed by atoms with Crippen molar-refractivity contribution in [2.75, 3.05) is 18.5 Å². The van der Waals surface area contributed by atoms with Crippen molar-refractivity contribution in [1.29, 1.82) is 0 Å². The van der Waals surface area contributed by atoms with E-state index < -0.39 is 0 Å². The fourth-order valence-corrected chi connectivity index (χ4v) is 2.86. The van der Waals surface area contributed by atoms with E-state index in [9.17, 15) is 4.79 Å². The molecule has 5 nitrogen and oxygen atoms in total. The van der Waals surface area contributed by atoms with Crippen LogP contribution in [0.25, 0.3) is 0 Å². The largest absolute Gasteiger partial charge is 0.494 e. The Morgan fingerprint density at radius 2 is 1.82 bits per heavy atom. The molecule has 0 aliphatic heterocycles. The van der Waals surface area contributed by atoms with E-state index in [-0.39, 0.29) is 11.0 Å². The van der Waals surface area contributed by atoms with Crippen molar-refractivity contribution >= 4 is 28.9 Å². The summed E-state index contributed by atoms with van der Waals surface area (Å²) in [5.74, 6) is 1.00. The first-order chi connectivity index (χ1) is 13.6. The standard InChI is InChI=1S/C22H28N2O3S/c1-3-5-6-9-15-27-20-14-8-7-13-19(20)21(25)24-22(28)23-17-11-10-12-18(16-17)26-4-2/h7-8,10-14,16H,3-6,9,15H2,1-2H3,(H2,23,24,25,28). The lowest BCUT2D eigenvalue weighted by Gasteiger charge is -2.13. The van der Waals surface area contributed by atoms with Gasteiger partial charge in [0.25, 0.3) is 5.91 Å². The molecule has 0 spiro atoms. The Hall–Kier alpha value is -2.60. The molecule has 0 heterocycles.